The lowest BCUT2D eigenvalue weighted by Gasteiger charge is -2.33. The van der Waals surface area contributed by atoms with E-state index in [-0.39, 0.29) is 12.0 Å². The number of nitrogens with zero attached hydrogens (tertiary/aromatic N) is 1. The number of piperidine rings is 1. The van der Waals surface area contributed by atoms with E-state index in [2.05, 4.69) is 56.5 Å². The summed E-state index contributed by atoms with van der Waals surface area (Å²) in [6.45, 7) is 3.60. The number of rotatable bonds is 5. The van der Waals surface area contributed by atoms with Gasteiger partial charge in [0, 0.05) is 30.5 Å². The van der Waals surface area contributed by atoms with Crippen molar-refractivity contribution in [3.63, 3.8) is 0 Å². The van der Waals surface area contributed by atoms with Crippen LogP contribution < -0.4 is 10.1 Å². The molecule has 0 aromatic heterocycles. The summed E-state index contributed by atoms with van der Waals surface area (Å²) in [7, 11) is 0. The van der Waals surface area contributed by atoms with Gasteiger partial charge >= 0.3 is 0 Å². The van der Waals surface area contributed by atoms with Gasteiger partial charge in [-0.25, -0.2) is 0 Å². The summed E-state index contributed by atoms with van der Waals surface area (Å²) in [4.78, 5) is 14.2. The second kappa shape index (κ2) is 7.41. The van der Waals surface area contributed by atoms with E-state index in [1.807, 2.05) is 24.3 Å². The molecule has 4 rings (SSSR count). The minimum Gasteiger partial charge on any atom is -0.489 e. The highest BCUT2D eigenvalue weighted by molar-refractivity contribution is 9.09. The summed E-state index contributed by atoms with van der Waals surface area (Å²) in [6, 6.07) is 18.6. The third kappa shape index (κ3) is 3.64. The van der Waals surface area contributed by atoms with Crippen LogP contribution in [0.1, 0.15) is 18.9 Å². The Morgan fingerprint density at radius 2 is 1.92 bits per heavy atom. The summed E-state index contributed by atoms with van der Waals surface area (Å²) in [5, 5.41) is 2.78. The quantitative estimate of drug-likeness (QED) is 0.749. The van der Waals surface area contributed by atoms with E-state index in [1.54, 1.807) is 0 Å². The molecule has 1 aliphatic carbocycles. The van der Waals surface area contributed by atoms with E-state index in [0.29, 0.717) is 16.8 Å². The molecule has 1 N–H and O–H groups in total. The molecular formula is C21H23BrN2O2. The maximum absolute atomic E-state index is 11.1. The van der Waals surface area contributed by atoms with Gasteiger partial charge in [-0.2, -0.15) is 0 Å². The van der Waals surface area contributed by atoms with Gasteiger partial charge in [0.05, 0.1) is 6.04 Å². The highest BCUT2D eigenvalue weighted by Crippen LogP contribution is 2.44. The number of hydrogen-bond acceptors (Lipinski definition) is 3. The molecule has 1 saturated heterocycles. The second-order valence-electron chi connectivity index (χ2n) is 7.21. The fourth-order valence-electron chi connectivity index (χ4n) is 4.19. The van der Waals surface area contributed by atoms with E-state index < -0.39 is 0 Å². The van der Waals surface area contributed by atoms with Crippen molar-refractivity contribution < 1.29 is 9.53 Å². The molecule has 4 atom stereocenters. The van der Waals surface area contributed by atoms with Gasteiger partial charge in [0.15, 0.2) is 0 Å². The molecule has 1 amide bonds. The fraction of sp³-hybridized carbons (Fsp3) is 0.381. The molecule has 2 bridgehead atoms. The van der Waals surface area contributed by atoms with Gasteiger partial charge in [0.25, 0.3) is 0 Å². The standard InChI is InChI=1S/C21H23BrN2O2/c1-14(25)23-17-7-9-18(10-8-17)26-19-11-16-13-24(21(19)20(16)22)12-15-5-3-2-4-6-15/h2-10,16,19-21H,11-13H2,1H3,(H,23,25). The smallest absolute Gasteiger partial charge is 0.221 e. The van der Waals surface area contributed by atoms with Crippen molar-refractivity contribution in [3.05, 3.63) is 60.2 Å². The molecular weight excluding hydrogens is 392 g/mol. The van der Waals surface area contributed by atoms with E-state index in [9.17, 15) is 4.79 Å². The van der Waals surface area contributed by atoms with Crippen LogP contribution >= 0.6 is 15.9 Å². The van der Waals surface area contributed by atoms with Gasteiger partial charge in [-0.15, -0.1) is 0 Å². The number of ether oxygens (including phenoxy) is 1. The highest BCUT2D eigenvalue weighted by Gasteiger charge is 2.52. The zero-order valence-electron chi connectivity index (χ0n) is 14.8. The molecule has 5 heteroatoms. The Bertz CT molecular complexity index is 765. The lowest BCUT2D eigenvalue weighted by atomic mass is 10.1. The van der Waals surface area contributed by atoms with Gasteiger partial charge < -0.3 is 10.1 Å². The first kappa shape index (κ1) is 17.6. The van der Waals surface area contributed by atoms with Crippen molar-refractivity contribution in [1.29, 1.82) is 0 Å². The average Bonchev–Trinajstić information content (AvgIpc) is 3.08. The number of halogens is 1. The van der Waals surface area contributed by atoms with Crippen LogP contribution in [0.15, 0.2) is 54.6 Å². The fourth-order valence-corrected chi connectivity index (χ4v) is 5.24. The number of likely N-dealkylation sites (tertiary alicyclic amines) is 1. The van der Waals surface area contributed by atoms with E-state index in [1.165, 1.54) is 12.5 Å². The van der Waals surface area contributed by atoms with Gasteiger partial charge in [-0.05, 0) is 42.2 Å². The molecule has 0 spiro atoms. The monoisotopic (exact) mass is 414 g/mol. The molecule has 26 heavy (non-hydrogen) atoms. The number of fused-ring (bicyclic) bond motifs is 2. The number of benzene rings is 2. The van der Waals surface area contributed by atoms with Crippen LogP contribution in [-0.4, -0.2) is 34.3 Å². The highest BCUT2D eigenvalue weighted by atomic mass is 79.9. The Morgan fingerprint density at radius 1 is 1.19 bits per heavy atom. The number of carbonyl (C=O) groups excluding carboxylic acids is 1. The minimum atomic E-state index is -0.0644. The minimum absolute atomic E-state index is 0.0644. The van der Waals surface area contributed by atoms with Crippen LogP contribution in [-0.2, 0) is 11.3 Å². The summed E-state index contributed by atoms with van der Waals surface area (Å²) in [6.07, 6.45) is 1.27. The Balaban J connectivity index is 1.43. The lowest BCUT2D eigenvalue weighted by molar-refractivity contribution is -0.114. The van der Waals surface area contributed by atoms with Crippen molar-refractivity contribution in [2.75, 3.05) is 11.9 Å². The number of hydrogen-bond donors (Lipinski definition) is 1. The maximum Gasteiger partial charge on any atom is 0.221 e. The zero-order chi connectivity index (χ0) is 18.1. The summed E-state index contributed by atoms with van der Waals surface area (Å²) < 4.78 is 6.32. The van der Waals surface area contributed by atoms with Gasteiger partial charge in [0.1, 0.15) is 11.9 Å². The molecule has 2 aliphatic rings. The molecule has 4 unspecified atom stereocenters. The zero-order valence-corrected chi connectivity index (χ0v) is 16.4. The van der Waals surface area contributed by atoms with Crippen molar-refractivity contribution in [3.8, 4) is 5.75 Å². The molecule has 2 fully saturated rings. The molecule has 1 saturated carbocycles. The number of nitrogens with one attached hydrogen (secondary N) is 1. The van der Waals surface area contributed by atoms with Crippen molar-refractivity contribution in [1.82, 2.24) is 4.90 Å². The summed E-state index contributed by atoms with van der Waals surface area (Å²) in [5.74, 6) is 1.42. The van der Waals surface area contributed by atoms with Crippen LogP contribution in [0, 0.1) is 5.92 Å². The van der Waals surface area contributed by atoms with E-state index >= 15 is 0 Å². The van der Waals surface area contributed by atoms with Crippen LogP contribution in [0.25, 0.3) is 0 Å². The Morgan fingerprint density at radius 3 is 2.58 bits per heavy atom. The van der Waals surface area contributed by atoms with Crippen molar-refractivity contribution in [2.45, 2.75) is 36.9 Å². The first-order chi connectivity index (χ1) is 12.6. The number of carbonyl (C=O) groups is 1. The van der Waals surface area contributed by atoms with Crippen LogP contribution in [0.4, 0.5) is 5.69 Å². The Hall–Kier alpha value is -1.85. The summed E-state index contributed by atoms with van der Waals surface area (Å²) in [5.41, 5.74) is 2.14. The average molecular weight is 415 g/mol. The van der Waals surface area contributed by atoms with Gasteiger partial charge in [-0.3, -0.25) is 9.69 Å². The first-order valence-corrected chi connectivity index (χ1v) is 9.98. The third-order valence-corrected chi connectivity index (χ3v) is 6.56. The number of alkyl halides is 1. The first-order valence-electron chi connectivity index (χ1n) is 9.06. The molecule has 2 aromatic carbocycles. The predicted octanol–water partition coefficient (Wildman–Crippen LogP) is 4.06. The predicted molar refractivity (Wildman–Crippen MR) is 107 cm³/mol. The number of amides is 1. The van der Waals surface area contributed by atoms with Crippen LogP contribution in [0.2, 0.25) is 0 Å². The molecule has 0 radical (unpaired) electrons. The topological polar surface area (TPSA) is 41.6 Å². The molecule has 136 valence electrons. The molecule has 1 aliphatic heterocycles. The van der Waals surface area contributed by atoms with Crippen LogP contribution in [0.3, 0.4) is 0 Å². The molecule has 4 nitrogen and oxygen atoms in total. The summed E-state index contributed by atoms with van der Waals surface area (Å²) >= 11 is 3.91. The van der Waals surface area contributed by atoms with Crippen molar-refractivity contribution >= 4 is 27.5 Å². The SMILES string of the molecule is CC(=O)Nc1ccc(OC2CC3CN(Cc4ccccc4)C2C3Br)cc1. The molecule has 2 aromatic rings. The van der Waals surface area contributed by atoms with Crippen LogP contribution in [0.5, 0.6) is 5.75 Å². The third-order valence-electron chi connectivity index (χ3n) is 5.27. The molecule has 1 heterocycles. The lowest BCUT2D eigenvalue weighted by Crippen LogP contribution is -2.44. The van der Waals surface area contributed by atoms with E-state index in [4.69, 9.17) is 4.74 Å². The van der Waals surface area contributed by atoms with E-state index in [0.717, 1.165) is 30.9 Å². The largest absolute Gasteiger partial charge is 0.489 e. The Kier molecular flexibility index (Phi) is 5.00. The van der Waals surface area contributed by atoms with Gasteiger partial charge in [-0.1, -0.05) is 46.3 Å². The number of anilines is 1. The normalized spacial score (nSPS) is 27.5. The van der Waals surface area contributed by atoms with Crippen molar-refractivity contribution in [2.24, 2.45) is 5.92 Å². The maximum atomic E-state index is 11.1. The van der Waals surface area contributed by atoms with Gasteiger partial charge in [0.2, 0.25) is 5.91 Å². The Labute approximate surface area is 162 Å². The second-order valence-corrected chi connectivity index (χ2v) is 8.27.